The molecule has 2 fully saturated rings. The molecule has 2 aliphatic rings. The van der Waals surface area contributed by atoms with Gasteiger partial charge in [0.05, 0.1) is 16.1 Å². The Bertz CT molecular complexity index is 1830. The zero-order valence-corrected chi connectivity index (χ0v) is 24.1. The molecule has 0 radical (unpaired) electrons. The molecule has 2 aromatic carbocycles. The fourth-order valence-electron chi connectivity index (χ4n) is 4.94. The quantitative estimate of drug-likeness (QED) is 0.283. The van der Waals surface area contributed by atoms with Crippen LogP contribution >= 0.6 is 0 Å². The maximum Gasteiger partial charge on any atom is 0.411 e. The standard InChI is InChI=1S/C29H28F3N7O3S/c1-38-14-15-39(27(38)40)20-8-6-19(7-9-20)22-10-11-23-24(34-22)25(37-28(12-13-28)29(30,31)32)36-26(35-23)33-17-18-4-3-5-21(16-18)43(2,41)42/h3-11,16H,12-15,17H2,1-2H3,(H2,33,35,36,37). The Labute approximate surface area is 245 Å². The number of urea groups is 1. The van der Waals surface area contributed by atoms with E-state index in [1.807, 2.05) is 24.3 Å². The molecular formula is C29H28F3N7O3S. The largest absolute Gasteiger partial charge is 0.411 e. The molecule has 2 aromatic heterocycles. The zero-order valence-electron chi connectivity index (χ0n) is 23.3. The van der Waals surface area contributed by atoms with Gasteiger partial charge in [0.25, 0.3) is 0 Å². The lowest BCUT2D eigenvalue weighted by Gasteiger charge is -2.22. The molecule has 2 amide bonds. The molecule has 1 aliphatic carbocycles. The van der Waals surface area contributed by atoms with Gasteiger partial charge in [-0.15, -0.1) is 0 Å². The van der Waals surface area contributed by atoms with E-state index < -0.39 is 21.6 Å². The van der Waals surface area contributed by atoms with E-state index in [0.717, 1.165) is 11.9 Å². The van der Waals surface area contributed by atoms with Crippen LogP contribution in [0, 0.1) is 0 Å². The van der Waals surface area contributed by atoms with Crippen LogP contribution in [0.25, 0.3) is 22.3 Å². The number of benzene rings is 2. The minimum absolute atomic E-state index is 0.0589. The molecule has 1 saturated carbocycles. The van der Waals surface area contributed by atoms with E-state index in [4.69, 9.17) is 0 Å². The number of hydrogen-bond acceptors (Lipinski definition) is 8. The number of sulfone groups is 1. The van der Waals surface area contributed by atoms with Gasteiger partial charge in [-0.3, -0.25) is 4.90 Å². The van der Waals surface area contributed by atoms with Crippen LogP contribution < -0.4 is 15.5 Å². The third kappa shape index (κ3) is 5.66. The van der Waals surface area contributed by atoms with E-state index in [-0.39, 0.29) is 47.6 Å². The second kappa shape index (κ2) is 10.4. The highest BCUT2D eigenvalue weighted by molar-refractivity contribution is 7.90. The van der Waals surface area contributed by atoms with E-state index in [9.17, 15) is 26.4 Å². The molecule has 1 aliphatic heterocycles. The number of aromatic nitrogens is 3. The summed E-state index contributed by atoms with van der Waals surface area (Å²) in [5.41, 5.74) is 1.00. The number of amides is 2. The summed E-state index contributed by atoms with van der Waals surface area (Å²) in [4.78, 5) is 29.3. The summed E-state index contributed by atoms with van der Waals surface area (Å²) in [7, 11) is -1.67. The van der Waals surface area contributed by atoms with Crippen molar-refractivity contribution in [3.05, 3.63) is 66.2 Å². The highest BCUT2D eigenvalue weighted by Gasteiger charge is 2.64. The molecule has 224 valence electrons. The van der Waals surface area contributed by atoms with Crippen molar-refractivity contribution >= 4 is 44.4 Å². The minimum Gasteiger partial charge on any atom is -0.354 e. The molecular weight excluding hydrogens is 583 g/mol. The Morgan fingerprint density at radius 2 is 1.72 bits per heavy atom. The molecule has 4 aromatic rings. The van der Waals surface area contributed by atoms with E-state index in [2.05, 4.69) is 25.6 Å². The molecule has 0 bridgehead atoms. The molecule has 14 heteroatoms. The summed E-state index contributed by atoms with van der Waals surface area (Å²) in [6, 6.07) is 16.9. The van der Waals surface area contributed by atoms with Gasteiger partial charge >= 0.3 is 12.2 Å². The lowest BCUT2D eigenvalue weighted by atomic mass is 10.1. The smallest absolute Gasteiger partial charge is 0.354 e. The molecule has 6 rings (SSSR count). The van der Waals surface area contributed by atoms with Crippen LogP contribution in [0.3, 0.4) is 0 Å². The topological polar surface area (TPSA) is 120 Å². The number of pyridine rings is 1. The third-order valence-electron chi connectivity index (χ3n) is 7.66. The number of carbonyl (C=O) groups excluding carboxylic acids is 1. The highest BCUT2D eigenvalue weighted by Crippen LogP contribution is 2.51. The van der Waals surface area contributed by atoms with Crippen LogP contribution in [-0.2, 0) is 16.4 Å². The number of hydrogen-bond donors (Lipinski definition) is 2. The van der Waals surface area contributed by atoms with Gasteiger partial charge in [-0.05, 0) is 54.8 Å². The molecule has 3 heterocycles. The van der Waals surface area contributed by atoms with E-state index in [1.165, 1.54) is 12.1 Å². The third-order valence-corrected chi connectivity index (χ3v) is 8.77. The second-order valence-electron chi connectivity index (χ2n) is 10.8. The van der Waals surface area contributed by atoms with Crippen molar-refractivity contribution in [2.24, 2.45) is 0 Å². The predicted octanol–water partition coefficient (Wildman–Crippen LogP) is 5.09. The van der Waals surface area contributed by atoms with Gasteiger partial charge in [-0.1, -0.05) is 24.3 Å². The Kier molecular flexibility index (Phi) is 6.91. The van der Waals surface area contributed by atoms with Crippen molar-refractivity contribution in [2.75, 3.05) is 41.9 Å². The number of likely N-dealkylation sites (N-methyl/N-ethyl adjacent to an activating group) is 1. The Morgan fingerprint density at radius 3 is 2.35 bits per heavy atom. The summed E-state index contributed by atoms with van der Waals surface area (Å²) in [6.07, 6.45) is -3.55. The maximum absolute atomic E-state index is 13.9. The first-order valence-corrected chi connectivity index (χ1v) is 15.4. The fourth-order valence-corrected chi connectivity index (χ4v) is 5.63. The number of fused-ring (bicyclic) bond motifs is 1. The van der Waals surface area contributed by atoms with E-state index in [1.54, 1.807) is 41.1 Å². The second-order valence-corrected chi connectivity index (χ2v) is 12.9. The van der Waals surface area contributed by atoms with Gasteiger partial charge in [0.2, 0.25) is 5.95 Å². The van der Waals surface area contributed by atoms with Crippen molar-refractivity contribution in [3.8, 4) is 11.3 Å². The van der Waals surface area contributed by atoms with Gasteiger partial charge in [0.15, 0.2) is 15.7 Å². The van der Waals surface area contributed by atoms with Gasteiger partial charge in [0.1, 0.15) is 11.1 Å². The Morgan fingerprint density at radius 1 is 0.977 bits per heavy atom. The summed E-state index contributed by atoms with van der Waals surface area (Å²) >= 11 is 0. The van der Waals surface area contributed by atoms with Crippen molar-refractivity contribution in [1.82, 2.24) is 19.9 Å². The zero-order chi connectivity index (χ0) is 30.6. The average molecular weight is 612 g/mol. The highest BCUT2D eigenvalue weighted by atomic mass is 32.2. The lowest BCUT2D eigenvalue weighted by Crippen LogP contribution is -2.39. The number of halogens is 3. The number of alkyl halides is 3. The van der Waals surface area contributed by atoms with Crippen LogP contribution in [0.2, 0.25) is 0 Å². The summed E-state index contributed by atoms with van der Waals surface area (Å²) in [5.74, 6) is 0.00765. The molecule has 1 saturated heterocycles. The number of carbonyl (C=O) groups is 1. The SMILES string of the molecule is CN1CCN(c2ccc(-c3ccc4nc(NCc5cccc(S(C)(=O)=O)c5)nc(NC5(C(F)(F)F)CC5)c4n3)cc2)C1=O. The fraction of sp³-hybridized carbons (Fsp3) is 0.310. The van der Waals surface area contributed by atoms with Gasteiger partial charge in [-0.2, -0.15) is 18.2 Å². The van der Waals surface area contributed by atoms with Crippen molar-refractivity contribution in [2.45, 2.75) is 36.0 Å². The van der Waals surface area contributed by atoms with Gasteiger partial charge in [0, 0.05) is 44.2 Å². The van der Waals surface area contributed by atoms with Crippen LogP contribution in [0.4, 0.5) is 35.4 Å². The van der Waals surface area contributed by atoms with Gasteiger partial charge in [-0.25, -0.2) is 23.2 Å². The number of nitrogens with one attached hydrogen (secondary N) is 2. The molecule has 0 unspecified atom stereocenters. The molecule has 0 atom stereocenters. The number of rotatable bonds is 8. The number of anilines is 3. The molecule has 43 heavy (non-hydrogen) atoms. The maximum atomic E-state index is 13.9. The Hall–Kier alpha value is -4.46. The number of nitrogens with zero attached hydrogens (tertiary/aromatic N) is 5. The van der Waals surface area contributed by atoms with E-state index >= 15 is 0 Å². The van der Waals surface area contributed by atoms with Crippen molar-refractivity contribution in [1.29, 1.82) is 0 Å². The monoisotopic (exact) mass is 611 g/mol. The predicted molar refractivity (Wildman–Crippen MR) is 157 cm³/mol. The Balaban J connectivity index is 1.33. The normalized spacial score (nSPS) is 16.5. The van der Waals surface area contributed by atoms with Gasteiger partial charge < -0.3 is 15.5 Å². The van der Waals surface area contributed by atoms with E-state index in [0.29, 0.717) is 35.4 Å². The molecule has 0 spiro atoms. The molecule has 2 N–H and O–H groups in total. The van der Waals surface area contributed by atoms with Crippen molar-refractivity contribution < 1.29 is 26.4 Å². The first-order valence-electron chi connectivity index (χ1n) is 13.5. The first kappa shape index (κ1) is 28.6. The summed E-state index contributed by atoms with van der Waals surface area (Å²) in [6.45, 7) is 1.35. The summed E-state index contributed by atoms with van der Waals surface area (Å²) in [5, 5.41) is 5.61. The lowest BCUT2D eigenvalue weighted by molar-refractivity contribution is -0.151. The summed E-state index contributed by atoms with van der Waals surface area (Å²) < 4.78 is 65.6. The van der Waals surface area contributed by atoms with Crippen LogP contribution in [-0.4, -0.2) is 72.4 Å². The van der Waals surface area contributed by atoms with Crippen molar-refractivity contribution in [3.63, 3.8) is 0 Å². The minimum atomic E-state index is -4.49. The van der Waals surface area contributed by atoms with Crippen LogP contribution in [0.15, 0.2) is 65.6 Å². The average Bonchev–Trinajstić information content (AvgIpc) is 3.70. The van der Waals surface area contributed by atoms with Crippen LogP contribution in [0.5, 0.6) is 0 Å². The first-order chi connectivity index (χ1) is 20.3. The van der Waals surface area contributed by atoms with Crippen LogP contribution in [0.1, 0.15) is 18.4 Å². The molecule has 10 nitrogen and oxygen atoms in total.